The number of nitrogens with one attached hydrogen (secondary N) is 3. The number of likely N-dealkylation sites (tertiary alicyclic amines) is 1. The molecular formula is C20H31ClN3S+. The van der Waals surface area contributed by atoms with Crippen molar-refractivity contribution in [1.29, 1.82) is 0 Å². The summed E-state index contributed by atoms with van der Waals surface area (Å²) < 4.78 is 0. The molecule has 1 heterocycles. The largest absolute Gasteiger partial charge is 0.360 e. The number of hydrogen-bond acceptors (Lipinski definition) is 1. The van der Waals surface area contributed by atoms with E-state index < -0.39 is 0 Å². The third kappa shape index (κ3) is 5.83. The molecule has 0 aromatic heterocycles. The molecule has 3 rings (SSSR count). The van der Waals surface area contributed by atoms with Gasteiger partial charge in [-0.3, -0.25) is 0 Å². The van der Waals surface area contributed by atoms with Gasteiger partial charge in [0.1, 0.15) is 6.54 Å². The molecule has 1 aliphatic carbocycles. The smallest absolute Gasteiger partial charge is 0.166 e. The van der Waals surface area contributed by atoms with E-state index in [4.69, 9.17) is 23.8 Å². The van der Waals surface area contributed by atoms with Crippen molar-refractivity contribution in [3.05, 3.63) is 34.9 Å². The van der Waals surface area contributed by atoms with Crippen molar-refractivity contribution in [2.24, 2.45) is 5.92 Å². The van der Waals surface area contributed by atoms with Gasteiger partial charge in [-0.25, -0.2) is 0 Å². The predicted molar refractivity (Wildman–Crippen MR) is 109 cm³/mol. The molecule has 0 unspecified atom stereocenters. The average Bonchev–Trinajstić information content (AvgIpc) is 2.61. The highest BCUT2D eigenvalue weighted by atomic mass is 35.5. The molecule has 3 N–H and O–H groups in total. The molecular weight excluding hydrogens is 350 g/mol. The maximum Gasteiger partial charge on any atom is 0.166 e. The molecule has 1 aromatic rings. The van der Waals surface area contributed by atoms with Crippen LogP contribution in [0.1, 0.15) is 51.0 Å². The standard InChI is InChI=1S/C20H30ClN3S/c1-15-4-2-3-5-19(15)23-20(25)22-18-10-12-24(13-11-18)14-16-6-8-17(21)9-7-16/h6-9,15,18-19H,2-5,10-14H2,1H3,(H2,22,23,25)/p+1/t15-,19+/m1/s1. The zero-order chi connectivity index (χ0) is 17.6. The van der Waals surface area contributed by atoms with Gasteiger partial charge < -0.3 is 15.5 Å². The van der Waals surface area contributed by atoms with Crippen LogP contribution in [0.25, 0.3) is 0 Å². The van der Waals surface area contributed by atoms with Crippen LogP contribution in [0.15, 0.2) is 24.3 Å². The third-order valence-electron chi connectivity index (χ3n) is 5.82. The Hall–Kier alpha value is -0.840. The second-order valence-electron chi connectivity index (χ2n) is 7.81. The van der Waals surface area contributed by atoms with Crippen LogP contribution in [-0.2, 0) is 6.54 Å². The molecule has 0 amide bonds. The number of halogens is 1. The lowest BCUT2D eigenvalue weighted by atomic mass is 9.86. The van der Waals surface area contributed by atoms with E-state index in [0.717, 1.165) is 22.6 Å². The molecule has 0 radical (unpaired) electrons. The van der Waals surface area contributed by atoms with Gasteiger partial charge in [-0.1, -0.05) is 43.5 Å². The van der Waals surface area contributed by atoms with Crippen molar-refractivity contribution in [2.75, 3.05) is 13.1 Å². The van der Waals surface area contributed by atoms with E-state index in [9.17, 15) is 0 Å². The lowest BCUT2D eigenvalue weighted by Crippen LogP contribution is -3.12. The van der Waals surface area contributed by atoms with Crippen LogP contribution in [-0.4, -0.2) is 30.3 Å². The van der Waals surface area contributed by atoms with Crippen molar-refractivity contribution < 1.29 is 4.90 Å². The Labute approximate surface area is 162 Å². The lowest BCUT2D eigenvalue weighted by molar-refractivity contribution is -0.918. The highest BCUT2D eigenvalue weighted by Crippen LogP contribution is 2.23. The molecule has 5 heteroatoms. The van der Waals surface area contributed by atoms with Gasteiger partial charge in [0.15, 0.2) is 5.11 Å². The summed E-state index contributed by atoms with van der Waals surface area (Å²) in [5.41, 5.74) is 1.37. The van der Waals surface area contributed by atoms with E-state index in [1.807, 2.05) is 12.1 Å². The molecule has 1 saturated carbocycles. The van der Waals surface area contributed by atoms with Crippen LogP contribution >= 0.6 is 23.8 Å². The van der Waals surface area contributed by atoms with Gasteiger partial charge in [0.2, 0.25) is 0 Å². The summed E-state index contributed by atoms with van der Waals surface area (Å²) in [6.07, 6.45) is 7.65. The van der Waals surface area contributed by atoms with E-state index >= 15 is 0 Å². The normalized spacial score (nSPS) is 29.8. The number of quaternary nitrogens is 1. The van der Waals surface area contributed by atoms with Gasteiger partial charge >= 0.3 is 0 Å². The zero-order valence-electron chi connectivity index (χ0n) is 15.2. The third-order valence-corrected chi connectivity index (χ3v) is 6.31. The summed E-state index contributed by atoms with van der Waals surface area (Å²) in [4.78, 5) is 1.65. The van der Waals surface area contributed by atoms with E-state index in [1.165, 1.54) is 57.2 Å². The summed E-state index contributed by atoms with van der Waals surface area (Å²) in [6.45, 7) is 5.83. The molecule has 138 valence electrons. The van der Waals surface area contributed by atoms with Crippen molar-refractivity contribution in [3.63, 3.8) is 0 Å². The number of thiocarbonyl (C=S) groups is 1. The fourth-order valence-corrected chi connectivity index (χ4v) is 4.61. The highest BCUT2D eigenvalue weighted by molar-refractivity contribution is 7.80. The van der Waals surface area contributed by atoms with Crippen LogP contribution in [0.5, 0.6) is 0 Å². The summed E-state index contributed by atoms with van der Waals surface area (Å²) in [7, 11) is 0. The van der Waals surface area contributed by atoms with Crippen molar-refractivity contribution >= 4 is 28.9 Å². The first-order valence-corrected chi connectivity index (χ1v) is 10.5. The molecule has 1 aromatic carbocycles. The Bertz CT molecular complexity index is 555. The Kier molecular flexibility index (Phi) is 6.97. The number of benzene rings is 1. The van der Waals surface area contributed by atoms with Gasteiger partial charge in [0.05, 0.1) is 13.1 Å². The Balaban J connectivity index is 1.38. The molecule has 0 bridgehead atoms. The van der Waals surface area contributed by atoms with Gasteiger partial charge in [-0.15, -0.1) is 0 Å². The van der Waals surface area contributed by atoms with Crippen molar-refractivity contribution in [2.45, 2.75) is 64.1 Å². The lowest BCUT2D eigenvalue weighted by Gasteiger charge is -2.33. The van der Waals surface area contributed by atoms with Crippen LogP contribution in [0.3, 0.4) is 0 Å². The summed E-state index contributed by atoms with van der Waals surface area (Å²) in [6, 6.07) is 9.34. The van der Waals surface area contributed by atoms with Crippen LogP contribution in [0, 0.1) is 5.92 Å². The van der Waals surface area contributed by atoms with Crippen molar-refractivity contribution in [1.82, 2.24) is 10.6 Å². The Morgan fingerprint density at radius 1 is 1.08 bits per heavy atom. The average molecular weight is 381 g/mol. The molecule has 1 saturated heterocycles. The fourth-order valence-electron chi connectivity index (χ4n) is 4.16. The van der Waals surface area contributed by atoms with Crippen molar-refractivity contribution in [3.8, 4) is 0 Å². The van der Waals surface area contributed by atoms with Gasteiger partial charge in [-0.2, -0.15) is 0 Å². The second kappa shape index (κ2) is 9.20. The SMILES string of the molecule is C[C@@H]1CCCC[C@@H]1NC(=S)NC1CC[NH+](Cc2ccc(Cl)cc2)CC1. The minimum Gasteiger partial charge on any atom is -0.360 e. The Morgan fingerprint density at radius 3 is 2.44 bits per heavy atom. The molecule has 3 nitrogen and oxygen atoms in total. The maximum atomic E-state index is 5.97. The minimum absolute atomic E-state index is 0.521. The Morgan fingerprint density at radius 2 is 1.76 bits per heavy atom. The topological polar surface area (TPSA) is 28.5 Å². The van der Waals surface area contributed by atoms with Gasteiger partial charge in [0.25, 0.3) is 0 Å². The summed E-state index contributed by atoms with van der Waals surface area (Å²) in [5.74, 6) is 0.735. The van der Waals surface area contributed by atoms with Crippen LogP contribution in [0.4, 0.5) is 0 Å². The first kappa shape index (κ1) is 18.9. The van der Waals surface area contributed by atoms with E-state index in [1.54, 1.807) is 4.90 Å². The zero-order valence-corrected chi connectivity index (χ0v) is 16.8. The molecule has 2 atom stereocenters. The maximum absolute atomic E-state index is 5.97. The first-order chi connectivity index (χ1) is 12.1. The predicted octanol–water partition coefficient (Wildman–Crippen LogP) is 2.93. The van der Waals surface area contributed by atoms with E-state index in [2.05, 4.69) is 29.7 Å². The van der Waals surface area contributed by atoms with E-state index in [0.29, 0.717) is 12.1 Å². The van der Waals surface area contributed by atoms with Crippen LogP contribution in [0.2, 0.25) is 5.02 Å². The first-order valence-electron chi connectivity index (χ1n) is 9.75. The number of piperidine rings is 1. The monoisotopic (exact) mass is 380 g/mol. The minimum atomic E-state index is 0.521. The molecule has 2 fully saturated rings. The summed E-state index contributed by atoms with van der Waals surface area (Å²) in [5, 5.41) is 8.82. The number of rotatable bonds is 4. The van der Waals surface area contributed by atoms with Gasteiger partial charge in [0, 0.05) is 35.5 Å². The van der Waals surface area contributed by atoms with Gasteiger partial charge in [-0.05, 0) is 43.1 Å². The molecule has 2 aliphatic rings. The number of hydrogen-bond donors (Lipinski definition) is 3. The summed E-state index contributed by atoms with van der Waals surface area (Å²) >= 11 is 11.5. The molecule has 0 spiro atoms. The quantitative estimate of drug-likeness (QED) is 0.701. The van der Waals surface area contributed by atoms with E-state index in [-0.39, 0.29) is 0 Å². The molecule has 1 aliphatic heterocycles. The van der Waals surface area contributed by atoms with Crippen LogP contribution < -0.4 is 15.5 Å². The highest BCUT2D eigenvalue weighted by Gasteiger charge is 2.25. The fraction of sp³-hybridized carbons (Fsp3) is 0.650. The molecule has 25 heavy (non-hydrogen) atoms. The second-order valence-corrected chi connectivity index (χ2v) is 8.66.